The van der Waals surface area contributed by atoms with Crippen molar-refractivity contribution < 1.29 is 9.66 Å². The molecule has 1 aromatic heterocycles. The quantitative estimate of drug-likeness (QED) is 0.672. The lowest BCUT2D eigenvalue weighted by Crippen LogP contribution is -2.03. The summed E-state index contributed by atoms with van der Waals surface area (Å²) in [6.07, 6.45) is 0. The molecule has 0 saturated heterocycles. The summed E-state index contributed by atoms with van der Waals surface area (Å²) in [4.78, 5) is 14.9. The smallest absolute Gasteiger partial charge is 0.333 e. The van der Waals surface area contributed by atoms with Crippen molar-refractivity contribution in [2.75, 3.05) is 12.4 Å². The molecule has 0 aliphatic heterocycles. The zero-order valence-electron chi connectivity index (χ0n) is 10.5. The second-order valence-electron chi connectivity index (χ2n) is 3.85. The van der Waals surface area contributed by atoms with Crippen molar-refractivity contribution in [2.45, 2.75) is 13.5 Å². The molecule has 0 aliphatic rings. The number of aryl methyl sites for hydroxylation is 1. The number of nitro benzene ring substituents is 1. The highest BCUT2D eigenvalue weighted by Crippen LogP contribution is 2.34. The molecule has 0 saturated carbocycles. The first-order valence-corrected chi connectivity index (χ1v) is 6.46. The van der Waals surface area contributed by atoms with Crippen LogP contribution in [0.5, 0.6) is 5.75 Å². The average Bonchev–Trinajstić information content (AvgIpc) is 2.81. The average molecular weight is 279 g/mol. The lowest BCUT2D eigenvalue weighted by molar-refractivity contribution is -0.384. The predicted molar refractivity (Wildman–Crippen MR) is 73.8 cm³/mol. The Morgan fingerprint density at radius 3 is 2.89 bits per heavy atom. The Balaban J connectivity index is 2.22. The van der Waals surface area contributed by atoms with Crippen LogP contribution in [0.3, 0.4) is 0 Å². The predicted octanol–water partition coefficient (Wildman–Crippen LogP) is 2.98. The van der Waals surface area contributed by atoms with E-state index < -0.39 is 4.92 Å². The highest BCUT2D eigenvalue weighted by atomic mass is 32.1. The number of hydrogen-bond acceptors (Lipinski definition) is 6. The first-order chi connectivity index (χ1) is 9.11. The third kappa shape index (κ3) is 3.00. The number of rotatable bonds is 5. The minimum absolute atomic E-state index is 0.0571. The molecule has 0 bridgehead atoms. The van der Waals surface area contributed by atoms with E-state index >= 15 is 0 Å². The van der Waals surface area contributed by atoms with E-state index in [2.05, 4.69) is 10.3 Å². The van der Waals surface area contributed by atoms with E-state index in [4.69, 9.17) is 4.74 Å². The van der Waals surface area contributed by atoms with Gasteiger partial charge in [-0.1, -0.05) is 6.07 Å². The van der Waals surface area contributed by atoms with Crippen LogP contribution in [0.25, 0.3) is 0 Å². The Morgan fingerprint density at radius 1 is 1.53 bits per heavy atom. The van der Waals surface area contributed by atoms with Gasteiger partial charge in [-0.15, -0.1) is 11.3 Å². The Labute approximate surface area is 114 Å². The standard InChI is InChI=1S/C12H13N3O3S/c1-8-7-19-11(14-8)6-13-9-4-3-5-10(18-2)12(9)15(16)17/h3-5,7,13H,6H2,1-2H3. The number of hydrogen-bond donors (Lipinski definition) is 1. The topological polar surface area (TPSA) is 77.3 Å². The van der Waals surface area contributed by atoms with E-state index in [0.29, 0.717) is 12.2 Å². The summed E-state index contributed by atoms with van der Waals surface area (Å²) in [5, 5.41) is 16.9. The van der Waals surface area contributed by atoms with Crippen LogP contribution in [-0.4, -0.2) is 17.0 Å². The monoisotopic (exact) mass is 279 g/mol. The molecule has 6 nitrogen and oxygen atoms in total. The number of benzene rings is 1. The zero-order chi connectivity index (χ0) is 13.8. The summed E-state index contributed by atoms with van der Waals surface area (Å²) in [7, 11) is 1.41. The van der Waals surface area contributed by atoms with Crippen molar-refractivity contribution in [2.24, 2.45) is 0 Å². The van der Waals surface area contributed by atoms with Gasteiger partial charge in [0.25, 0.3) is 0 Å². The SMILES string of the molecule is COc1cccc(NCc2nc(C)cs2)c1[N+](=O)[O-]. The molecule has 0 radical (unpaired) electrons. The highest BCUT2D eigenvalue weighted by molar-refractivity contribution is 7.09. The van der Waals surface area contributed by atoms with Crippen LogP contribution in [0.2, 0.25) is 0 Å². The number of nitrogens with one attached hydrogen (secondary N) is 1. The molecule has 7 heteroatoms. The third-order valence-electron chi connectivity index (χ3n) is 2.50. The summed E-state index contributed by atoms with van der Waals surface area (Å²) in [5.74, 6) is 0.241. The van der Waals surface area contributed by atoms with Gasteiger partial charge in [0.2, 0.25) is 0 Å². The number of para-hydroxylation sites is 1. The maximum atomic E-state index is 11.1. The largest absolute Gasteiger partial charge is 0.490 e. The molecule has 19 heavy (non-hydrogen) atoms. The third-order valence-corrected chi connectivity index (χ3v) is 3.46. The number of nitrogens with zero attached hydrogens (tertiary/aromatic N) is 2. The van der Waals surface area contributed by atoms with Crippen LogP contribution in [0, 0.1) is 17.0 Å². The van der Waals surface area contributed by atoms with E-state index in [0.717, 1.165) is 10.7 Å². The molecule has 0 aliphatic carbocycles. The van der Waals surface area contributed by atoms with Gasteiger partial charge in [-0.3, -0.25) is 10.1 Å². The number of methoxy groups -OCH3 is 1. The molecule has 0 spiro atoms. The summed E-state index contributed by atoms with van der Waals surface area (Å²) in [5.41, 5.74) is 1.32. The van der Waals surface area contributed by atoms with Crippen molar-refractivity contribution in [3.8, 4) is 5.75 Å². The normalized spacial score (nSPS) is 10.2. The number of nitro groups is 1. The van der Waals surface area contributed by atoms with E-state index in [1.807, 2.05) is 12.3 Å². The first kappa shape index (κ1) is 13.3. The summed E-state index contributed by atoms with van der Waals surface area (Å²) in [6.45, 7) is 2.36. The van der Waals surface area contributed by atoms with Gasteiger partial charge in [-0.2, -0.15) is 0 Å². The van der Waals surface area contributed by atoms with Crippen molar-refractivity contribution in [3.05, 3.63) is 44.4 Å². The number of aromatic nitrogens is 1. The highest BCUT2D eigenvalue weighted by Gasteiger charge is 2.20. The summed E-state index contributed by atoms with van der Waals surface area (Å²) in [6, 6.07) is 4.93. The van der Waals surface area contributed by atoms with Gasteiger partial charge in [0, 0.05) is 11.1 Å². The van der Waals surface area contributed by atoms with Crippen molar-refractivity contribution in [1.29, 1.82) is 0 Å². The molecular formula is C12H13N3O3S. The van der Waals surface area contributed by atoms with Gasteiger partial charge in [-0.05, 0) is 19.1 Å². The van der Waals surface area contributed by atoms with Crippen LogP contribution in [0.1, 0.15) is 10.7 Å². The minimum Gasteiger partial charge on any atom is -0.490 e. The maximum absolute atomic E-state index is 11.1. The van der Waals surface area contributed by atoms with Crippen molar-refractivity contribution in [1.82, 2.24) is 4.98 Å². The van der Waals surface area contributed by atoms with E-state index in [1.165, 1.54) is 18.4 Å². The van der Waals surface area contributed by atoms with Crippen LogP contribution in [0.15, 0.2) is 23.6 Å². The Morgan fingerprint density at radius 2 is 2.32 bits per heavy atom. The van der Waals surface area contributed by atoms with Crippen molar-refractivity contribution in [3.63, 3.8) is 0 Å². The fourth-order valence-electron chi connectivity index (χ4n) is 1.67. The minimum atomic E-state index is -0.450. The summed E-state index contributed by atoms with van der Waals surface area (Å²) < 4.78 is 5.01. The van der Waals surface area contributed by atoms with Gasteiger partial charge in [0.1, 0.15) is 10.7 Å². The Bertz CT molecular complexity index is 598. The van der Waals surface area contributed by atoms with Gasteiger partial charge in [0.05, 0.1) is 18.6 Å². The Hall–Kier alpha value is -2.15. The zero-order valence-corrected chi connectivity index (χ0v) is 11.4. The first-order valence-electron chi connectivity index (χ1n) is 5.58. The van der Waals surface area contributed by atoms with Gasteiger partial charge < -0.3 is 10.1 Å². The molecule has 0 fully saturated rings. The van der Waals surface area contributed by atoms with Gasteiger partial charge >= 0.3 is 5.69 Å². The van der Waals surface area contributed by atoms with Crippen LogP contribution in [-0.2, 0) is 6.54 Å². The van der Waals surface area contributed by atoms with Gasteiger partial charge in [-0.25, -0.2) is 4.98 Å². The molecular weight excluding hydrogens is 266 g/mol. The van der Waals surface area contributed by atoms with E-state index in [9.17, 15) is 10.1 Å². The fourth-order valence-corrected chi connectivity index (χ4v) is 2.38. The molecule has 0 amide bonds. The summed E-state index contributed by atoms with van der Waals surface area (Å²) >= 11 is 1.52. The van der Waals surface area contributed by atoms with Gasteiger partial charge in [0.15, 0.2) is 5.75 Å². The van der Waals surface area contributed by atoms with Crippen LogP contribution < -0.4 is 10.1 Å². The lowest BCUT2D eigenvalue weighted by Gasteiger charge is -2.08. The van der Waals surface area contributed by atoms with E-state index in [1.54, 1.807) is 18.2 Å². The molecule has 1 N–H and O–H groups in total. The maximum Gasteiger partial charge on any atom is 0.333 e. The second-order valence-corrected chi connectivity index (χ2v) is 4.79. The molecule has 1 aromatic carbocycles. The molecule has 100 valence electrons. The fraction of sp³-hybridized carbons (Fsp3) is 0.250. The molecule has 0 unspecified atom stereocenters. The van der Waals surface area contributed by atoms with E-state index in [-0.39, 0.29) is 11.4 Å². The molecule has 2 rings (SSSR count). The number of anilines is 1. The molecule has 1 heterocycles. The van der Waals surface area contributed by atoms with Crippen LogP contribution in [0.4, 0.5) is 11.4 Å². The number of ether oxygens (including phenoxy) is 1. The van der Waals surface area contributed by atoms with Crippen LogP contribution >= 0.6 is 11.3 Å². The lowest BCUT2D eigenvalue weighted by atomic mass is 10.2. The van der Waals surface area contributed by atoms with Crippen molar-refractivity contribution >= 4 is 22.7 Å². The second kappa shape index (κ2) is 5.66. The number of thiazole rings is 1. The Kier molecular flexibility index (Phi) is 3.96. The molecule has 0 atom stereocenters. The molecule has 2 aromatic rings.